The molecule has 1 aromatic heterocycles. The molecule has 2 aromatic rings. The number of aromatic nitrogens is 2. The molecule has 1 N–H and O–H groups in total. The van der Waals surface area contributed by atoms with E-state index in [4.69, 9.17) is 5.10 Å². The average molecular weight is 297 g/mol. The second kappa shape index (κ2) is 5.79. The summed E-state index contributed by atoms with van der Waals surface area (Å²) in [5.74, 6) is 0. The Morgan fingerprint density at radius 3 is 2.27 bits per heavy atom. The third kappa shape index (κ3) is 2.77. The molecule has 0 bridgehead atoms. The van der Waals surface area contributed by atoms with Crippen molar-refractivity contribution in [1.29, 1.82) is 0 Å². The fraction of sp³-hybridized carbons (Fsp3) is 0.526. The Morgan fingerprint density at radius 2 is 1.68 bits per heavy atom. The van der Waals surface area contributed by atoms with Crippen LogP contribution in [0.5, 0.6) is 0 Å². The van der Waals surface area contributed by atoms with E-state index in [0.29, 0.717) is 12.1 Å². The Morgan fingerprint density at radius 1 is 1.00 bits per heavy atom. The van der Waals surface area contributed by atoms with Gasteiger partial charge in [0.15, 0.2) is 0 Å². The number of anilines is 1. The van der Waals surface area contributed by atoms with Gasteiger partial charge in [0.05, 0.1) is 11.7 Å². The number of nitrogens with one attached hydrogen (secondary N) is 1. The SMILES string of the molecule is Cc1cc(C)c(N[C@H]2CCC[C@@H]2n2nc(C)cc2C)c(C)c1. The van der Waals surface area contributed by atoms with Crippen LogP contribution in [0.3, 0.4) is 0 Å². The predicted octanol–water partition coefficient (Wildman–Crippen LogP) is 4.63. The minimum Gasteiger partial charge on any atom is -0.380 e. The number of hydrogen-bond acceptors (Lipinski definition) is 2. The summed E-state index contributed by atoms with van der Waals surface area (Å²) < 4.78 is 2.23. The van der Waals surface area contributed by atoms with Gasteiger partial charge in [-0.05, 0) is 71.1 Å². The fourth-order valence-corrected chi connectivity index (χ4v) is 3.98. The van der Waals surface area contributed by atoms with Gasteiger partial charge in [-0.25, -0.2) is 0 Å². The third-order valence-electron chi connectivity index (χ3n) is 4.84. The number of nitrogens with zero attached hydrogens (tertiary/aromatic N) is 2. The van der Waals surface area contributed by atoms with Gasteiger partial charge in [0.2, 0.25) is 0 Å². The molecule has 3 rings (SSSR count). The van der Waals surface area contributed by atoms with Crippen molar-refractivity contribution in [3.8, 4) is 0 Å². The van der Waals surface area contributed by atoms with E-state index in [1.54, 1.807) is 0 Å². The summed E-state index contributed by atoms with van der Waals surface area (Å²) in [4.78, 5) is 0. The molecule has 1 heterocycles. The molecule has 0 unspecified atom stereocenters. The van der Waals surface area contributed by atoms with Crippen molar-refractivity contribution in [3.63, 3.8) is 0 Å². The molecule has 2 atom stereocenters. The van der Waals surface area contributed by atoms with Crippen LogP contribution in [0.25, 0.3) is 0 Å². The summed E-state index contributed by atoms with van der Waals surface area (Å²) >= 11 is 0. The molecule has 1 aliphatic rings. The molecular weight excluding hydrogens is 270 g/mol. The lowest BCUT2D eigenvalue weighted by Crippen LogP contribution is -2.28. The molecule has 0 aliphatic heterocycles. The first-order valence-electron chi connectivity index (χ1n) is 8.33. The topological polar surface area (TPSA) is 29.9 Å². The van der Waals surface area contributed by atoms with Gasteiger partial charge >= 0.3 is 0 Å². The highest BCUT2D eigenvalue weighted by molar-refractivity contribution is 5.59. The number of benzene rings is 1. The Balaban J connectivity index is 1.87. The molecule has 1 aliphatic carbocycles. The molecule has 1 saturated carbocycles. The Labute approximate surface area is 133 Å². The highest BCUT2D eigenvalue weighted by Crippen LogP contribution is 2.35. The van der Waals surface area contributed by atoms with Gasteiger partial charge in [-0.2, -0.15) is 5.10 Å². The van der Waals surface area contributed by atoms with E-state index >= 15 is 0 Å². The van der Waals surface area contributed by atoms with Gasteiger partial charge in [0, 0.05) is 17.4 Å². The summed E-state index contributed by atoms with van der Waals surface area (Å²) in [6, 6.07) is 7.65. The zero-order valence-corrected chi connectivity index (χ0v) is 14.4. The second-order valence-corrected chi connectivity index (χ2v) is 6.89. The molecule has 0 spiro atoms. The van der Waals surface area contributed by atoms with E-state index in [1.165, 1.54) is 47.3 Å². The number of rotatable bonds is 3. The largest absolute Gasteiger partial charge is 0.380 e. The van der Waals surface area contributed by atoms with E-state index in [-0.39, 0.29) is 0 Å². The summed E-state index contributed by atoms with van der Waals surface area (Å²) in [5.41, 5.74) is 7.72. The van der Waals surface area contributed by atoms with Crippen LogP contribution in [0, 0.1) is 34.6 Å². The van der Waals surface area contributed by atoms with E-state index in [2.05, 4.69) is 62.8 Å². The van der Waals surface area contributed by atoms with Gasteiger partial charge in [0.25, 0.3) is 0 Å². The number of hydrogen-bond donors (Lipinski definition) is 1. The van der Waals surface area contributed by atoms with Crippen molar-refractivity contribution in [2.24, 2.45) is 0 Å². The smallest absolute Gasteiger partial charge is 0.0723 e. The molecule has 0 amide bonds. The lowest BCUT2D eigenvalue weighted by Gasteiger charge is -2.26. The highest BCUT2D eigenvalue weighted by Gasteiger charge is 2.30. The molecule has 0 saturated heterocycles. The fourth-order valence-electron chi connectivity index (χ4n) is 3.98. The maximum Gasteiger partial charge on any atom is 0.0723 e. The maximum absolute atomic E-state index is 4.72. The summed E-state index contributed by atoms with van der Waals surface area (Å²) in [6.45, 7) is 10.8. The quantitative estimate of drug-likeness (QED) is 0.895. The zero-order valence-electron chi connectivity index (χ0n) is 14.4. The third-order valence-corrected chi connectivity index (χ3v) is 4.84. The van der Waals surface area contributed by atoms with Crippen LogP contribution in [-0.2, 0) is 0 Å². The Bertz CT molecular complexity index is 661. The van der Waals surface area contributed by atoms with Gasteiger partial charge in [-0.15, -0.1) is 0 Å². The van der Waals surface area contributed by atoms with Crippen molar-refractivity contribution in [1.82, 2.24) is 9.78 Å². The van der Waals surface area contributed by atoms with Crippen LogP contribution in [0.1, 0.15) is 53.4 Å². The molecule has 1 aromatic carbocycles. The highest BCUT2D eigenvalue weighted by atomic mass is 15.3. The lowest BCUT2D eigenvalue weighted by molar-refractivity contribution is 0.427. The Kier molecular flexibility index (Phi) is 3.98. The molecule has 22 heavy (non-hydrogen) atoms. The zero-order chi connectivity index (χ0) is 15.9. The second-order valence-electron chi connectivity index (χ2n) is 6.89. The standard InChI is InChI=1S/C19H27N3/c1-12-9-13(2)19(14(3)10-12)20-17-7-6-8-18(17)22-16(5)11-15(4)21-22/h9-11,17-18,20H,6-8H2,1-5H3/t17-,18-/m0/s1. The van der Waals surface area contributed by atoms with Gasteiger partial charge < -0.3 is 5.32 Å². The van der Waals surface area contributed by atoms with Crippen molar-refractivity contribution >= 4 is 5.69 Å². The molecule has 3 nitrogen and oxygen atoms in total. The summed E-state index contributed by atoms with van der Waals surface area (Å²) in [7, 11) is 0. The average Bonchev–Trinajstić information content (AvgIpc) is 2.99. The van der Waals surface area contributed by atoms with E-state index in [0.717, 1.165) is 5.69 Å². The van der Waals surface area contributed by atoms with Gasteiger partial charge in [-0.1, -0.05) is 17.7 Å². The molecule has 0 radical (unpaired) electrons. The summed E-state index contributed by atoms with van der Waals surface area (Å²) in [6.07, 6.45) is 3.70. The van der Waals surface area contributed by atoms with Crippen LogP contribution in [0.4, 0.5) is 5.69 Å². The minimum absolute atomic E-state index is 0.466. The first kappa shape index (κ1) is 15.1. The maximum atomic E-state index is 4.72. The monoisotopic (exact) mass is 297 g/mol. The van der Waals surface area contributed by atoms with Gasteiger partial charge in [-0.3, -0.25) is 4.68 Å². The summed E-state index contributed by atoms with van der Waals surface area (Å²) in [5, 5.41) is 8.55. The van der Waals surface area contributed by atoms with Crippen molar-refractivity contribution < 1.29 is 0 Å². The van der Waals surface area contributed by atoms with Crippen molar-refractivity contribution in [2.45, 2.75) is 66.0 Å². The van der Waals surface area contributed by atoms with Crippen LogP contribution in [0.15, 0.2) is 18.2 Å². The van der Waals surface area contributed by atoms with E-state index in [1.807, 2.05) is 0 Å². The predicted molar refractivity (Wildman–Crippen MR) is 92.7 cm³/mol. The van der Waals surface area contributed by atoms with Crippen LogP contribution in [0.2, 0.25) is 0 Å². The van der Waals surface area contributed by atoms with Crippen LogP contribution >= 0.6 is 0 Å². The minimum atomic E-state index is 0.466. The van der Waals surface area contributed by atoms with Crippen molar-refractivity contribution in [2.75, 3.05) is 5.32 Å². The van der Waals surface area contributed by atoms with E-state index < -0.39 is 0 Å². The molecule has 3 heteroatoms. The molecule has 118 valence electrons. The molecular formula is C19H27N3. The number of aryl methyl sites for hydroxylation is 5. The first-order valence-corrected chi connectivity index (χ1v) is 8.33. The normalized spacial score (nSPS) is 21.3. The van der Waals surface area contributed by atoms with Crippen molar-refractivity contribution in [3.05, 3.63) is 46.3 Å². The van der Waals surface area contributed by atoms with Crippen LogP contribution < -0.4 is 5.32 Å². The first-order chi connectivity index (χ1) is 10.5. The lowest BCUT2D eigenvalue weighted by atomic mass is 10.0. The van der Waals surface area contributed by atoms with Gasteiger partial charge in [0.1, 0.15) is 0 Å². The van der Waals surface area contributed by atoms with E-state index in [9.17, 15) is 0 Å². The van der Waals surface area contributed by atoms with Crippen LogP contribution in [-0.4, -0.2) is 15.8 Å². The Hall–Kier alpha value is -1.77. The molecule has 1 fully saturated rings.